The monoisotopic (exact) mass is 240 g/mol. The van der Waals surface area contributed by atoms with E-state index in [1.807, 2.05) is 18.2 Å². The minimum atomic E-state index is 0.122. The van der Waals surface area contributed by atoms with Crippen LogP contribution in [0, 0.1) is 0 Å². The fourth-order valence-electron chi connectivity index (χ4n) is 1.52. The van der Waals surface area contributed by atoms with E-state index >= 15 is 0 Å². The van der Waals surface area contributed by atoms with Crippen LogP contribution in [0.2, 0.25) is 0 Å². The maximum atomic E-state index is 8.77. The molecule has 0 aromatic heterocycles. The molecule has 0 spiro atoms. The number of hydrogen-bond donors (Lipinski definition) is 2. The first-order valence-electron chi connectivity index (χ1n) is 5.83. The number of rotatable bonds is 8. The molecule has 1 aromatic rings. The van der Waals surface area contributed by atoms with Gasteiger partial charge < -0.3 is 19.7 Å². The number of aliphatic hydroxyl groups is 2. The maximum Gasteiger partial charge on any atom is 0.161 e. The van der Waals surface area contributed by atoms with Crippen LogP contribution in [-0.4, -0.2) is 37.1 Å². The zero-order chi connectivity index (χ0) is 12.5. The Bertz CT molecular complexity index is 325. The number of hydrogen-bond acceptors (Lipinski definition) is 4. The summed E-state index contributed by atoms with van der Waals surface area (Å²) in [6, 6.07) is 5.75. The van der Waals surface area contributed by atoms with Crippen molar-refractivity contribution in [2.45, 2.75) is 19.3 Å². The molecule has 17 heavy (non-hydrogen) atoms. The molecule has 0 aliphatic rings. The summed E-state index contributed by atoms with van der Waals surface area (Å²) in [5, 5.41) is 17.4. The third kappa shape index (κ3) is 4.63. The van der Waals surface area contributed by atoms with Crippen molar-refractivity contribution in [3.63, 3.8) is 0 Å². The van der Waals surface area contributed by atoms with E-state index in [-0.39, 0.29) is 13.2 Å². The summed E-state index contributed by atoms with van der Waals surface area (Å²) < 4.78 is 10.7. The van der Waals surface area contributed by atoms with Crippen LogP contribution in [0.15, 0.2) is 18.2 Å². The van der Waals surface area contributed by atoms with Crippen molar-refractivity contribution in [3.8, 4) is 11.5 Å². The van der Waals surface area contributed by atoms with Gasteiger partial charge in [0.25, 0.3) is 0 Å². The van der Waals surface area contributed by atoms with Gasteiger partial charge in [-0.3, -0.25) is 0 Å². The Hall–Kier alpha value is -1.26. The smallest absolute Gasteiger partial charge is 0.161 e. The lowest BCUT2D eigenvalue weighted by Crippen LogP contribution is -2.01. The Balaban J connectivity index is 2.64. The van der Waals surface area contributed by atoms with Crippen LogP contribution in [0.5, 0.6) is 11.5 Å². The summed E-state index contributed by atoms with van der Waals surface area (Å²) in [5.41, 5.74) is 1.12. The van der Waals surface area contributed by atoms with Gasteiger partial charge in [-0.05, 0) is 30.5 Å². The third-order valence-corrected chi connectivity index (χ3v) is 2.41. The van der Waals surface area contributed by atoms with Crippen molar-refractivity contribution in [1.82, 2.24) is 0 Å². The van der Waals surface area contributed by atoms with Gasteiger partial charge in [-0.15, -0.1) is 0 Å². The molecule has 0 atom stereocenters. The summed E-state index contributed by atoms with van der Waals surface area (Å²) >= 11 is 0. The molecular weight excluding hydrogens is 220 g/mol. The predicted octanol–water partition coefficient (Wildman–Crippen LogP) is 1.38. The Morgan fingerprint density at radius 1 is 1.06 bits per heavy atom. The molecule has 0 unspecified atom stereocenters. The maximum absolute atomic E-state index is 8.77. The molecule has 4 heteroatoms. The van der Waals surface area contributed by atoms with E-state index in [1.54, 1.807) is 7.11 Å². The molecule has 0 amide bonds. The average Bonchev–Trinajstić information content (AvgIpc) is 2.37. The summed E-state index contributed by atoms with van der Waals surface area (Å²) in [5.74, 6) is 1.38. The number of benzene rings is 1. The third-order valence-electron chi connectivity index (χ3n) is 2.41. The predicted molar refractivity (Wildman–Crippen MR) is 65.6 cm³/mol. The van der Waals surface area contributed by atoms with E-state index in [0.29, 0.717) is 24.5 Å². The van der Waals surface area contributed by atoms with Gasteiger partial charge in [0.05, 0.1) is 13.7 Å². The quantitative estimate of drug-likeness (QED) is 0.674. The van der Waals surface area contributed by atoms with Crippen molar-refractivity contribution in [2.24, 2.45) is 0 Å². The summed E-state index contributed by atoms with van der Waals surface area (Å²) in [6.45, 7) is 0.789. The number of ether oxygens (including phenoxy) is 2. The zero-order valence-corrected chi connectivity index (χ0v) is 10.2. The molecule has 0 bridgehead atoms. The highest BCUT2D eigenvalue weighted by Gasteiger charge is 2.05. The molecule has 0 heterocycles. The Morgan fingerprint density at radius 3 is 2.47 bits per heavy atom. The van der Waals surface area contributed by atoms with Crippen LogP contribution in [0.3, 0.4) is 0 Å². The second-order valence-corrected chi connectivity index (χ2v) is 3.74. The molecule has 0 saturated heterocycles. The van der Waals surface area contributed by atoms with Gasteiger partial charge in [0.15, 0.2) is 11.5 Å². The van der Waals surface area contributed by atoms with Gasteiger partial charge in [0.1, 0.15) is 0 Å². The molecule has 1 rings (SSSR count). The largest absolute Gasteiger partial charge is 0.493 e. The Morgan fingerprint density at radius 2 is 1.82 bits per heavy atom. The van der Waals surface area contributed by atoms with Crippen LogP contribution < -0.4 is 9.47 Å². The van der Waals surface area contributed by atoms with E-state index < -0.39 is 0 Å². The molecule has 0 saturated carbocycles. The standard InChI is InChI=1S/C13H20O4/c1-16-13-10-11(4-2-7-14)5-6-12(13)17-9-3-8-15/h5-6,10,14-15H,2-4,7-9H2,1H3. The number of aliphatic hydroxyl groups excluding tert-OH is 2. The van der Waals surface area contributed by atoms with Crippen LogP contribution in [-0.2, 0) is 6.42 Å². The Labute approximate surface area is 102 Å². The highest BCUT2D eigenvalue weighted by molar-refractivity contribution is 5.43. The minimum absolute atomic E-state index is 0.122. The molecule has 0 aliphatic carbocycles. The lowest BCUT2D eigenvalue weighted by atomic mass is 10.1. The van der Waals surface area contributed by atoms with Crippen molar-refractivity contribution in [1.29, 1.82) is 0 Å². The fraction of sp³-hybridized carbons (Fsp3) is 0.538. The summed E-state index contributed by atoms with van der Waals surface area (Å²) in [7, 11) is 1.60. The Kier molecular flexibility index (Phi) is 6.43. The van der Waals surface area contributed by atoms with E-state index in [4.69, 9.17) is 19.7 Å². The fourth-order valence-corrected chi connectivity index (χ4v) is 1.52. The molecular formula is C13H20O4. The van der Waals surface area contributed by atoms with Gasteiger partial charge >= 0.3 is 0 Å². The number of methoxy groups -OCH3 is 1. The van der Waals surface area contributed by atoms with Gasteiger partial charge in [0.2, 0.25) is 0 Å². The first kappa shape index (κ1) is 13.8. The topological polar surface area (TPSA) is 58.9 Å². The highest BCUT2D eigenvalue weighted by atomic mass is 16.5. The van der Waals surface area contributed by atoms with Gasteiger partial charge in [-0.1, -0.05) is 6.07 Å². The van der Waals surface area contributed by atoms with Crippen LogP contribution >= 0.6 is 0 Å². The molecule has 0 aliphatic heterocycles. The molecule has 0 fully saturated rings. The van der Waals surface area contributed by atoms with Crippen LogP contribution in [0.4, 0.5) is 0 Å². The van der Waals surface area contributed by atoms with E-state index in [2.05, 4.69) is 0 Å². The second kappa shape index (κ2) is 7.92. The summed E-state index contributed by atoms with van der Waals surface area (Å²) in [4.78, 5) is 0. The number of aryl methyl sites for hydroxylation is 1. The minimum Gasteiger partial charge on any atom is -0.493 e. The van der Waals surface area contributed by atoms with Gasteiger partial charge in [-0.25, -0.2) is 0 Å². The summed E-state index contributed by atoms with van der Waals surface area (Å²) in [6.07, 6.45) is 2.17. The van der Waals surface area contributed by atoms with Crippen molar-refractivity contribution in [2.75, 3.05) is 26.9 Å². The second-order valence-electron chi connectivity index (χ2n) is 3.74. The molecule has 2 N–H and O–H groups in total. The average molecular weight is 240 g/mol. The highest BCUT2D eigenvalue weighted by Crippen LogP contribution is 2.28. The van der Waals surface area contributed by atoms with Crippen LogP contribution in [0.1, 0.15) is 18.4 Å². The van der Waals surface area contributed by atoms with E-state index in [9.17, 15) is 0 Å². The van der Waals surface area contributed by atoms with Crippen molar-refractivity contribution < 1.29 is 19.7 Å². The lowest BCUT2D eigenvalue weighted by Gasteiger charge is -2.11. The normalized spacial score (nSPS) is 10.3. The first-order valence-corrected chi connectivity index (χ1v) is 5.83. The van der Waals surface area contributed by atoms with Gasteiger partial charge in [-0.2, -0.15) is 0 Å². The SMILES string of the molecule is COc1cc(CCCO)ccc1OCCCO. The lowest BCUT2D eigenvalue weighted by molar-refractivity contribution is 0.228. The zero-order valence-electron chi connectivity index (χ0n) is 10.2. The van der Waals surface area contributed by atoms with E-state index in [0.717, 1.165) is 18.4 Å². The van der Waals surface area contributed by atoms with Gasteiger partial charge in [0, 0.05) is 19.6 Å². The van der Waals surface area contributed by atoms with Crippen molar-refractivity contribution in [3.05, 3.63) is 23.8 Å². The molecule has 1 aromatic carbocycles. The first-order chi connectivity index (χ1) is 8.31. The van der Waals surface area contributed by atoms with Crippen molar-refractivity contribution >= 4 is 0 Å². The van der Waals surface area contributed by atoms with E-state index in [1.165, 1.54) is 0 Å². The van der Waals surface area contributed by atoms with Crippen LogP contribution in [0.25, 0.3) is 0 Å². The molecule has 0 radical (unpaired) electrons. The molecule has 4 nitrogen and oxygen atoms in total. The molecule has 96 valence electrons.